The Labute approximate surface area is 113 Å². The van der Waals surface area contributed by atoms with Crippen LogP contribution >= 0.6 is 0 Å². The van der Waals surface area contributed by atoms with Crippen LogP contribution in [0.1, 0.15) is 30.7 Å². The van der Waals surface area contributed by atoms with Crippen LogP contribution in [0.4, 0.5) is 5.82 Å². The molecule has 0 saturated carbocycles. The quantitative estimate of drug-likeness (QED) is 0.849. The van der Waals surface area contributed by atoms with Gasteiger partial charge in [0.05, 0.1) is 11.5 Å². The monoisotopic (exact) mass is 261 g/mol. The van der Waals surface area contributed by atoms with Gasteiger partial charge in [-0.2, -0.15) is 5.26 Å². The molecule has 1 unspecified atom stereocenters. The third-order valence-corrected chi connectivity index (χ3v) is 3.07. The maximum atomic E-state index is 11.1. The Morgan fingerprint density at radius 3 is 2.63 bits per heavy atom. The van der Waals surface area contributed by atoms with Crippen LogP contribution in [0.5, 0.6) is 0 Å². The van der Waals surface area contributed by atoms with Gasteiger partial charge in [-0.05, 0) is 31.4 Å². The van der Waals surface area contributed by atoms with E-state index in [0.29, 0.717) is 11.4 Å². The van der Waals surface area contributed by atoms with Gasteiger partial charge >= 0.3 is 5.97 Å². The second-order valence-corrected chi connectivity index (χ2v) is 4.99. The van der Waals surface area contributed by atoms with Gasteiger partial charge in [-0.25, -0.2) is 4.98 Å². The SMILES string of the molecule is Cc1cc(C)c(C#N)c(NCC(C(=O)O)C(C)C)n1. The summed E-state index contributed by atoms with van der Waals surface area (Å²) < 4.78 is 0. The van der Waals surface area contributed by atoms with Crippen molar-refractivity contribution in [3.05, 3.63) is 22.9 Å². The number of nitrogens with one attached hydrogen (secondary N) is 1. The van der Waals surface area contributed by atoms with Crippen molar-refractivity contribution in [2.24, 2.45) is 11.8 Å². The minimum atomic E-state index is -0.842. The van der Waals surface area contributed by atoms with Gasteiger partial charge in [0.15, 0.2) is 0 Å². The van der Waals surface area contributed by atoms with Crippen molar-refractivity contribution in [2.45, 2.75) is 27.7 Å². The Morgan fingerprint density at radius 1 is 1.53 bits per heavy atom. The van der Waals surface area contributed by atoms with Gasteiger partial charge in [-0.1, -0.05) is 13.8 Å². The van der Waals surface area contributed by atoms with Gasteiger partial charge < -0.3 is 10.4 Å². The molecule has 102 valence electrons. The molecular weight excluding hydrogens is 242 g/mol. The Kier molecular flexibility index (Phi) is 4.87. The lowest BCUT2D eigenvalue weighted by atomic mass is 9.96. The number of pyridine rings is 1. The lowest BCUT2D eigenvalue weighted by Gasteiger charge is -2.18. The molecule has 5 heteroatoms. The molecule has 0 bridgehead atoms. The Balaban J connectivity index is 2.94. The number of carboxylic acids is 1. The molecule has 0 fully saturated rings. The first-order chi connectivity index (χ1) is 8.86. The number of hydrogen-bond acceptors (Lipinski definition) is 4. The topological polar surface area (TPSA) is 86.0 Å². The molecule has 1 heterocycles. The Morgan fingerprint density at radius 2 is 2.16 bits per heavy atom. The number of aromatic nitrogens is 1. The zero-order chi connectivity index (χ0) is 14.6. The van der Waals surface area contributed by atoms with Crippen molar-refractivity contribution in [1.82, 2.24) is 4.98 Å². The van der Waals surface area contributed by atoms with Gasteiger partial charge in [0.25, 0.3) is 0 Å². The molecule has 1 rings (SSSR count). The summed E-state index contributed by atoms with van der Waals surface area (Å²) in [5.74, 6) is -0.868. The van der Waals surface area contributed by atoms with Crippen molar-refractivity contribution in [2.75, 3.05) is 11.9 Å². The van der Waals surface area contributed by atoms with E-state index < -0.39 is 11.9 Å². The maximum absolute atomic E-state index is 11.1. The molecule has 0 aliphatic heterocycles. The smallest absolute Gasteiger partial charge is 0.308 e. The van der Waals surface area contributed by atoms with Gasteiger partial charge in [0.2, 0.25) is 0 Å². The minimum absolute atomic E-state index is 0.0152. The summed E-state index contributed by atoms with van der Waals surface area (Å²) >= 11 is 0. The zero-order valence-corrected chi connectivity index (χ0v) is 11.7. The summed E-state index contributed by atoms with van der Waals surface area (Å²) in [5.41, 5.74) is 2.11. The highest BCUT2D eigenvalue weighted by Gasteiger charge is 2.22. The molecule has 1 atom stereocenters. The number of anilines is 1. The number of aliphatic carboxylic acids is 1. The van der Waals surface area contributed by atoms with E-state index >= 15 is 0 Å². The molecule has 2 N–H and O–H groups in total. The fourth-order valence-electron chi connectivity index (χ4n) is 1.92. The number of carboxylic acid groups (broad SMARTS) is 1. The minimum Gasteiger partial charge on any atom is -0.481 e. The third-order valence-electron chi connectivity index (χ3n) is 3.07. The molecule has 1 aromatic heterocycles. The first-order valence-electron chi connectivity index (χ1n) is 6.21. The van der Waals surface area contributed by atoms with Crippen molar-refractivity contribution < 1.29 is 9.90 Å². The molecule has 0 aliphatic carbocycles. The molecule has 1 aromatic rings. The fraction of sp³-hybridized carbons (Fsp3) is 0.500. The van der Waals surface area contributed by atoms with Crippen LogP contribution in [0, 0.1) is 37.0 Å². The normalized spacial score (nSPS) is 12.0. The first kappa shape index (κ1) is 15.0. The maximum Gasteiger partial charge on any atom is 0.308 e. The summed E-state index contributed by atoms with van der Waals surface area (Å²) in [5, 5.41) is 21.3. The van der Waals surface area contributed by atoms with Crippen molar-refractivity contribution in [1.29, 1.82) is 5.26 Å². The Bertz CT molecular complexity index is 518. The summed E-state index contributed by atoms with van der Waals surface area (Å²) in [6.45, 7) is 7.67. The van der Waals surface area contributed by atoms with Crippen LogP contribution in [0.2, 0.25) is 0 Å². The van der Waals surface area contributed by atoms with Crippen molar-refractivity contribution >= 4 is 11.8 Å². The summed E-state index contributed by atoms with van der Waals surface area (Å²) in [6.07, 6.45) is 0. The van der Waals surface area contributed by atoms with E-state index in [0.717, 1.165) is 11.3 Å². The number of nitriles is 1. The molecule has 0 radical (unpaired) electrons. The number of nitrogens with zero attached hydrogens (tertiary/aromatic N) is 2. The zero-order valence-electron chi connectivity index (χ0n) is 11.7. The Hall–Kier alpha value is -2.09. The molecule has 0 spiro atoms. The highest BCUT2D eigenvalue weighted by Crippen LogP contribution is 2.19. The highest BCUT2D eigenvalue weighted by molar-refractivity contribution is 5.71. The number of hydrogen-bond donors (Lipinski definition) is 2. The number of aryl methyl sites for hydroxylation is 2. The van der Waals surface area contributed by atoms with Gasteiger partial charge in [0.1, 0.15) is 11.9 Å². The predicted octanol–water partition coefficient (Wildman–Crippen LogP) is 2.34. The van der Waals surface area contributed by atoms with Gasteiger partial charge in [0, 0.05) is 12.2 Å². The second kappa shape index (κ2) is 6.19. The first-order valence-corrected chi connectivity index (χ1v) is 6.21. The molecule has 0 aromatic carbocycles. The van der Waals surface area contributed by atoms with Crippen molar-refractivity contribution in [3.63, 3.8) is 0 Å². The molecule has 0 aliphatic rings. The van der Waals surface area contributed by atoms with Gasteiger partial charge in [-0.15, -0.1) is 0 Å². The lowest BCUT2D eigenvalue weighted by Crippen LogP contribution is -2.28. The third kappa shape index (κ3) is 3.68. The molecule has 19 heavy (non-hydrogen) atoms. The standard InChI is InChI=1S/C14H19N3O2/c1-8(2)12(14(18)19)7-16-13-11(6-15)9(3)5-10(4)17-13/h5,8,12H,7H2,1-4H3,(H,16,17)(H,18,19). The van der Waals surface area contributed by atoms with Crippen LogP contribution in [-0.2, 0) is 4.79 Å². The predicted molar refractivity (Wildman–Crippen MR) is 72.9 cm³/mol. The van der Waals surface area contributed by atoms with Crippen molar-refractivity contribution in [3.8, 4) is 6.07 Å². The summed E-state index contributed by atoms with van der Waals surface area (Å²) in [4.78, 5) is 15.4. The van der Waals surface area contributed by atoms with Crippen LogP contribution in [0.25, 0.3) is 0 Å². The lowest BCUT2D eigenvalue weighted by molar-refractivity contribution is -0.142. The van der Waals surface area contributed by atoms with E-state index in [2.05, 4.69) is 16.4 Å². The van der Waals surface area contributed by atoms with Crippen LogP contribution < -0.4 is 5.32 Å². The summed E-state index contributed by atoms with van der Waals surface area (Å²) in [7, 11) is 0. The molecule has 0 amide bonds. The average molecular weight is 261 g/mol. The summed E-state index contributed by atoms with van der Waals surface area (Å²) in [6, 6.07) is 3.94. The molecule has 5 nitrogen and oxygen atoms in total. The fourth-order valence-corrected chi connectivity index (χ4v) is 1.92. The average Bonchev–Trinajstić information content (AvgIpc) is 2.27. The number of rotatable bonds is 5. The molecule has 0 saturated heterocycles. The van der Waals surface area contributed by atoms with E-state index in [4.69, 9.17) is 10.4 Å². The van der Waals surface area contributed by atoms with E-state index in [9.17, 15) is 4.79 Å². The van der Waals surface area contributed by atoms with Crippen LogP contribution in [0.15, 0.2) is 6.07 Å². The molecular formula is C14H19N3O2. The van der Waals surface area contributed by atoms with Gasteiger partial charge in [-0.3, -0.25) is 4.79 Å². The van der Waals surface area contributed by atoms with E-state index in [1.54, 1.807) is 0 Å². The van der Waals surface area contributed by atoms with Crippen LogP contribution in [-0.4, -0.2) is 22.6 Å². The highest BCUT2D eigenvalue weighted by atomic mass is 16.4. The number of carbonyl (C=O) groups is 1. The van der Waals surface area contributed by atoms with Crippen LogP contribution in [0.3, 0.4) is 0 Å². The van der Waals surface area contributed by atoms with E-state index in [1.807, 2.05) is 33.8 Å². The second-order valence-electron chi connectivity index (χ2n) is 4.99. The van der Waals surface area contributed by atoms with E-state index in [-0.39, 0.29) is 12.5 Å². The van der Waals surface area contributed by atoms with E-state index in [1.165, 1.54) is 0 Å². The largest absolute Gasteiger partial charge is 0.481 e.